The number of hydrogen-bond acceptors (Lipinski definition) is 5. The van der Waals surface area contributed by atoms with E-state index < -0.39 is 29.1 Å². The van der Waals surface area contributed by atoms with Crippen molar-refractivity contribution in [1.29, 1.82) is 0 Å². The van der Waals surface area contributed by atoms with Crippen molar-refractivity contribution in [2.24, 2.45) is 11.8 Å². The van der Waals surface area contributed by atoms with E-state index in [9.17, 15) is 14.4 Å². The quantitative estimate of drug-likeness (QED) is 0.429. The number of likely N-dealkylation sites (tertiary alicyclic amines) is 1. The highest BCUT2D eigenvalue weighted by Crippen LogP contribution is 2.63. The molecular weight excluding hydrogens is 386 g/mol. The number of nitrogens with one attached hydrogen (secondary N) is 2. The first-order valence-corrected chi connectivity index (χ1v) is 11.5. The van der Waals surface area contributed by atoms with Gasteiger partial charge in [-0.3, -0.25) is 14.4 Å². The zero-order valence-electron chi connectivity index (χ0n) is 18.5. The maximum atomic E-state index is 13.6. The third-order valence-electron chi connectivity index (χ3n) is 7.19. The minimum absolute atomic E-state index is 0.134. The highest BCUT2D eigenvalue weighted by molar-refractivity contribution is 5.99. The molecule has 0 radical (unpaired) electrons. The average Bonchev–Trinajstić information content (AvgIpc) is 3.28. The molecule has 3 rings (SSSR count). The zero-order valence-corrected chi connectivity index (χ0v) is 18.5. The van der Waals surface area contributed by atoms with Gasteiger partial charge in [-0.15, -0.1) is 0 Å². The van der Waals surface area contributed by atoms with E-state index in [2.05, 4.69) is 17.6 Å². The lowest BCUT2D eigenvalue weighted by atomic mass is 9.66. The summed E-state index contributed by atoms with van der Waals surface area (Å²) in [5, 5.41) is 14.7. The van der Waals surface area contributed by atoms with Crippen molar-refractivity contribution >= 4 is 17.7 Å². The number of aliphatic hydroxyl groups is 1. The number of carbonyl (C=O) groups is 3. The van der Waals surface area contributed by atoms with Gasteiger partial charge in [0, 0.05) is 26.7 Å². The van der Waals surface area contributed by atoms with Crippen LogP contribution in [-0.4, -0.2) is 71.7 Å². The monoisotopic (exact) mass is 423 g/mol. The summed E-state index contributed by atoms with van der Waals surface area (Å²) in [5.74, 6) is -1.68. The molecule has 0 aromatic rings. The van der Waals surface area contributed by atoms with E-state index in [0.717, 1.165) is 38.5 Å². The van der Waals surface area contributed by atoms with Crippen LogP contribution in [0.3, 0.4) is 0 Å². The number of rotatable bonds is 11. The van der Waals surface area contributed by atoms with Gasteiger partial charge in [0.05, 0.1) is 17.4 Å². The molecule has 1 spiro atoms. The normalized spacial score (nSPS) is 34.3. The molecule has 30 heavy (non-hydrogen) atoms. The van der Waals surface area contributed by atoms with Gasteiger partial charge in [-0.1, -0.05) is 26.2 Å². The van der Waals surface area contributed by atoms with Gasteiger partial charge >= 0.3 is 0 Å². The van der Waals surface area contributed by atoms with Crippen molar-refractivity contribution in [3.63, 3.8) is 0 Å². The largest absolute Gasteiger partial charge is 0.396 e. The number of carbonyl (C=O) groups excluding carboxylic acids is 3. The summed E-state index contributed by atoms with van der Waals surface area (Å²) in [6, 6.07) is -0.693. The Morgan fingerprint density at radius 1 is 1.17 bits per heavy atom. The molecule has 0 saturated carbocycles. The number of aliphatic hydroxyl groups excluding tert-OH is 1. The second kappa shape index (κ2) is 9.22. The first-order chi connectivity index (χ1) is 14.4. The van der Waals surface area contributed by atoms with E-state index in [4.69, 9.17) is 9.84 Å². The lowest BCUT2D eigenvalue weighted by Gasteiger charge is -2.33. The predicted octanol–water partition coefficient (Wildman–Crippen LogP) is 0.966. The molecule has 2 bridgehead atoms. The van der Waals surface area contributed by atoms with Crippen LogP contribution in [-0.2, 0) is 19.1 Å². The van der Waals surface area contributed by atoms with Crippen molar-refractivity contribution in [3.8, 4) is 0 Å². The smallest absolute Gasteiger partial charge is 0.245 e. The minimum atomic E-state index is -0.926. The third kappa shape index (κ3) is 3.73. The van der Waals surface area contributed by atoms with E-state index in [0.29, 0.717) is 25.9 Å². The van der Waals surface area contributed by atoms with Gasteiger partial charge < -0.3 is 25.4 Å². The van der Waals surface area contributed by atoms with Crippen molar-refractivity contribution in [2.45, 2.75) is 82.5 Å². The Kier molecular flexibility index (Phi) is 7.07. The Balaban J connectivity index is 1.86. The van der Waals surface area contributed by atoms with Crippen molar-refractivity contribution in [3.05, 3.63) is 0 Å². The Morgan fingerprint density at radius 2 is 1.90 bits per heavy atom. The standard InChI is InChI=1S/C22H37N3O5/c1-4-5-12-24-19(28)17-22-11-10-21(2,30-22)15(18(27)23-3)16(22)20(29)25(17)13-8-6-7-9-14-26/h15-17,26H,4-14H2,1-3H3,(H,23,27)(H,24,28)/t15-,16+,17?,21+,22?/m1/s1. The lowest BCUT2D eigenvalue weighted by Crippen LogP contribution is -2.55. The highest BCUT2D eigenvalue weighted by atomic mass is 16.5. The maximum Gasteiger partial charge on any atom is 0.245 e. The number of ether oxygens (including phenoxy) is 1. The molecule has 0 aromatic carbocycles. The van der Waals surface area contributed by atoms with Crippen LogP contribution in [0, 0.1) is 11.8 Å². The topological polar surface area (TPSA) is 108 Å². The second-order valence-electron chi connectivity index (χ2n) is 9.16. The summed E-state index contributed by atoms with van der Waals surface area (Å²) >= 11 is 0. The van der Waals surface area contributed by atoms with E-state index in [1.54, 1.807) is 11.9 Å². The van der Waals surface area contributed by atoms with Gasteiger partial charge in [-0.2, -0.15) is 0 Å². The first kappa shape index (κ1) is 23.0. The molecule has 3 fully saturated rings. The molecule has 3 N–H and O–H groups in total. The minimum Gasteiger partial charge on any atom is -0.396 e. The van der Waals surface area contributed by atoms with Crippen LogP contribution in [0.2, 0.25) is 0 Å². The zero-order chi connectivity index (χ0) is 21.9. The fourth-order valence-corrected chi connectivity index (χ4v) is 5.76. The molecular formula is C22H37N3O5. The molecule has 2 unspecified atom stereocenters. The number of amides is 3. The molecule has 3 amide bonds. The Morgan fingerprint density at radius 3 is 2.57 bits per heavy atom. The Labute approximate surface area is 179 Å². The molecule has 0 aliphatic carbocycles. The van der Waals surface area contributed by atoms with Crippen LogP contribution in [0.25, 0.3) is 0 Å². The predicted molar refractivity (Wildman–Crippen MR) is 111 cm³/mol. The summed E-state index contributed by atoms with van der Waals surface area (Å²) in [7, 11) is 1.58. The van der Waals surface area contributed by atoms with E-state index in [-0.39, 0.29) is 24.3 Å². The van der Waals surface area contributed by atoms with Gasteiger partial charge in [-0.05, 0) is 39.0 Å². The van der Waals surface area contributed by atoms with Crippen LogP contribution < -0.4 is 10.6 Å². The molecule has 0 aromatic heterocycles. The number of fused-ring (bicyclic) bond motifs is 1. The van der Waals surface area contributed by atoms with Gasteiger partial charge in [0.1, 0.15) is 11.6 Å². The average molecular weight is 424 g/mol. The van der Waals surface area contributed by atoms with Gasteiger partial charge in [0.15, 0.2) is 0 Å². The molecule has 8 heteroatoms. The Hall–Kier alpha value is -1.67. The van der Waals surface area contributed by atoms with Crippen LogP contribution in [0.5, 0.6) is 0 Å². The maximum absolute atomic E-state index is 13.6. The summed E-state index contributed by atoms with van der Waals surface area (Å²) in [6.45, 7) is 5.17. The van der Waals surface area contributed by atoms with Crippen LogP contribution in [0.1, 0.15) is 65.2 Å². The SMILES string of the molecule is CCCCNC(=O)C1N(CCCCCCO)C(=O)[C@@H]2[C@H](C(=O)NC)[C@]3(C)CCC12O3. The third-order valence-corrected chi connectivity index (χ3v) is 7.19. The van der Waals surface area contributed by atoms with Crippen LogP contribution >= 0.6 is 0 Å². The molecule has 8 nitrogen and oxygen atoms in total. The fourth-order valence-electron chi connectivity index (χ4n) is 5.76. The van der Waals surface area contributed by atoms with E-state index in [1.165, 1.54) is 0 Å². The van der Waals surface area contributed by atoms with E-state index in [1.807, 2.05) is 6.92 Å². The first-order valence-electron chi connectivity index (χ1n) is 11.5. The lowest BCUT2D eigenvalue weighted by molar-refractivity contribution is -0.146. The fraction of sp³-hybridized carbons (Fsp3) is 0.864. The number of unbranched alkanes of at least 4 members (excludes halogenated alkanes) is 4. The number of nitrogens with zero attached hydrogens (tertiary/aromatic N) is 1. The van der Waals surface area contributed by atoms with Crippen molar-refractivity contribution in [2.75, 3.05) is 26.7 Å². The highest BCUT2D eigenvalue weighted by Gasteiger charge is 2.77. The van der Waals surface area contributed by atoms with Gasteiger partial charge in [-0.25, -0.2) is 0 Å². The molecule has 170 valence electrons. The molecule has 5 atom stereocenters. The summed E-state index contributed by atoms with van der Waals surface area (Å²) < 4.78 is 6.48. The van der Waals surface area contributed by atoms with Crippen molar-refractivity contribution in [1.82, 2.24) is 15.5 Å². The number of hydrogen-bond donors (Lipinski definition) is 3. The summed E-state index contributed by atoms with van der Waals surface area (Å²) in [4.78, 5) is 41.2. The summed E-state index contributed by atoms with van der Waals surface area (Å²) in [5.41, 5.74) is -1.64. The molecule has 3 saturated heterocycles. The van der Waals surface area contributed by atoms with Gasteiger partial charge in [0.2, 0.25) is 17.7 Å². The van der Waals surface area contributed by atoms with Crippen molar-refractivity contribution < 1.29 is 24.2 Å². The second-order valence-corrected chi connectivity index (χ2v) is 9.16. The van der Waals surface area contributed by atoms with Gasteiger partial charge in [0.25, 0.3) is 0 Å². The Bertz CT molecular complexity index is 671. The van der Waals surface area contributed by atoms with E-state index >= 15 is 0 Å². The van der Waals surface area contributed by atoms with Crippen LogP contribution in [0.15, 0.2) is 0 Å². The molecule has 3 heterocycles. The van der Waals surface area contributed by atoms with Crippen LogP contribution in [0.4, 0.5) is 0 Å². The molecule has 3 aliphatic heterocycles. The summed E-state index contributed by atoms with van der Waals surface area (Å²) in [6.07, 6.45) is 6.39. The molecule has 3 aliphatic rings.